The van der Waals surface area contributed by atoms with E-state index in [1.165, 1.54) is 0 Å². The number of aliphatic imine (C=N–C) groups is 1. The molecule has 0 spiro atoms. The third kappa shape index (κ3) is 1.91. The minimum atomic E-state index is 0.435. The van der Waals surface area contributed by atoms with E-state index in [1.807, 2.05) is 25.2 Å². The zero-order valence-electron chi connectivity index (χ0n) is 7.78. The quantitative estimate of drug-likeness (QED) is 0.612. The maximum absolute atomic E-state index is 4.24. The number of rotatable bonds is 2. The van der Waals surface area contributed by atoms with Crippen molar-refractivity contribution in [1.82, 2.24) is 4.98 Å². The number of aromatic nitrogens is 1. The summed E-state index contributed by atoms with van der Waals surface area (Å²) in [7, 11) is 1.81. The van der Waals surface area contributed by atoms with E-state index in [0.717, 1.165) is 11.4 Å². The standard InChI is InChI=1S/C10H14N2/c1-8(2)10(11-3)9-6-4-5-7-12-9/h4-8H,1-3H3. The summed E-state index contributed by atoms with van der Waals surface area (Å²) in [6, 6.07) is 5.88. The molecule has 0 atom stereocenters. The van der Waals surface area contributed by atoms with Gasteiger partial charge in [0.25, 0.3) is 0 Å². The summed E-state index contributed by atoms with van der Waals surface area (Å²) in [6.45, 7) is 4.24. The van der Waals surface area contributed by atoms with Gasteiger partial charge in [0.05, 0.1) is 11.4 Å². The lowest BCUT2D eigenvalue weighted by molar-refractivity contribution is 0.876. The minimum Gasteiger partial charge on any atom is -0.291 e. The second-order valence-electron chi connectivity index (χ2n) is 2.98. The largest absolute Gasteiger partial charge is 0.291 e. The molecule has 0 radical (unpaired) electrons. The maximum atomic E-state index is 4.24. The van der Waals surface area contributed by atoms with Crippen molar-refractivity contribution >= 4 is 5.71 Å². The van der Waals surface area contributed by atoms with Crippen molar-refractivity contribution in [1.29, 1.82) is 0 Å². The Morgan fingerprint density at radius 3 is 2.58 bits per heavy atom. The molecule has 1 heterocycles. The van der Waals surface area contributed by atoms with E-state index in [9.17, 15) is 0 Å². The molecule has 1 rings (SSSR count). The summed E-state index contributed by atoms with van der Waals surface area (Å²) in [6.07, 6.45) is 1.79. The van der Waals surface area contributed by atoms with Gasteiger partial charge in [0.1, 0.15) is 0 Å². The van der Waals surface area contributed by atoms with E-state index in [4.69, 9.17) is 0 Å². The van der Waals surface area contributed by atoms with Crippen LogP contribution < -0.4 is 0 Å². The van der Waals surface area contributed by atoms with Gasteiger partial charge in [-0.2, -0.15) is 0 Å². The van der Waals surface area contributed by atoms with E-state index >= 15 is 0 Å². The smallest absolute Gasteiger partial charge is 0.0842 e. The first-order valence-electron chi connectivity index (χ1n) is 4.13. The summed E-state index contributed by atoms with van der Waals surface area (Å²) >= 11 is 0. The van der Waals surface area contributed by atoms with Gasteiger partial charge in [0.2, 0.25) is 0 Å². The highest BCUT2D eigenvalue weighted by Gasteiger charge is 2.06. The lowest BCUT2D eigenvalue weighted by Gasteiger charge is -2.07. The Morgan fingerprint density at radius 2 is 2.17 bits per heavy atom. The summed E-state index contributed by atoms with van der Waals surface area (Å²) in [5.74, 6) is 0.435. The summed E-state index contributed by atoms with van der Waals surface area (Å²) < 4.78 is 0. The van der Waals surface area contributed by atoms with Crippen LogP contribution in [0.1, 0.15) is 19.5 Å². The van der Waals surface area contributed by atoms with Gasteiger partial charge in [-0.1, -0.05) is 19.9 Å². The molecular formula is C10H14N2. The minimum absolute atomic E-state index is 0.435. The molecule has 1 aromatic heterocycles. The number of hydrogen-bond acceptors (Lipinski definition) is 2. The molecule has 0 saturated heterocycles. The topological polar surface area (TPSA) is 25.2 Å². The molecule has 0 N–H and O–H groups in total. The summed E-state index contributed by atoms with van der Waals surface area (Å²) in [5, 5.41) is 0. The Balaban J connectivity index is 2.97. The molecule has 2 heteroatoms. The summed E-state index contributed by atoms with van der Waals surface area (Å²) in [4.78, 5) is 8.45. The molecule has 0 aliphatic rings. The Labute approximate surface area is 73.4 Å². The van der Waals surface area contributed by atoms with Gasteiger partial charge >= 0.3 is 0 Å². The van der Waals surface area contributed by atoms with Gasteiger partial charge in [-0.3, -0.25) is 9.98 Å². The Bertz CT molecular complexity index is 262. The van der Waals surface area contributed by atoms with Crippen LogP contribution in [0.25, 0.3) is 0 Å². The maximum Gasteiger partial charge on any atom is 0.0842 e. The van der Waals surface area contributed by atoms with Crippen molar-refractivity contribution in [3.8, 4) is 0 Å². The molecule has 64 valence electrons. The number of hydrogen-bond donors (Lipinski definition) is 0. The number of pyridine rings is 1. The highest BCUT2D eigenvalue weighted by atomic mass is 14.8. The third-order valence-electron chi connectivity index (χ3n) is 1.72. The van der Waals surface area contributed by atoms with Crippen LogP contribution in [0.4, 0.5) is 0 Å². The first-order valence-corrected chi connectivity index (χ1v) is 4.13. The lowest BCUT2D eigenvalue weighted by atomic mass is 10.0. The summed E-state index contributed by atoms with van der Waals surface area (Å²) in [5.41, 5.74) is 2.05. The average Bonchev–Trinajstić information content (AvgIpc) is 2.07. The SMILES string of the molecule is CN=C(c1ccccn1)C(C)C. The molecule has 0 amide bonds. The van der Waals surface area contributed by atoms with Crippen LogP contribution in [0.5, 0.6) is 0 Å². The fraction of sp³-hybridized carbons (Fsp3) is 0.400. The average molecular weight is 162 g/mol. The van der Waals surface area contributed by atoms with Crippen molar-refractivity contribution in [3.05, 3.63) is 30.1 Å². The lowest BCUT2D eigenvalue weighted by Crippen LogP contribution is -2.10. The molecule has 0 saturated carbocycles. The Hall–Kier alpha value is -1.18. The zero-order chi connectivity index (χ0) is 8.97. The third-order valence-corrected chi connectivity index (χ3v) is 1.72. The fourth-order valence-electron chi connectivity index (χ4n) is 1.18. The predicted octanol–water partition coefficient (Wildman–Crippen LogP) is 2.16. The van der Waals surface area contributed by atoms with E-state index in [2.05, 4.69) is 23.8 Å². The van der Waals surface area contributed by atoms with Gasteiger partial charge < -0.3 is 0 Å². The van der Waals surface area contributed by atoms with Crippen LogP contribution in [-0.4, -0.2) is 17.7 Å². The van der Waals surface area contributed by atoms with Crippen molar-refractivity contribution in [2.24, 2.45) is 10.9 Å². The molecule has 0 aliphatic heterocycles. The van der Waals surface area contributed by atoms with E-state index in [-0.39, 0.29) is 0 Å². The molecule has 0 fully saturated rings. The first kappa shape index (κ1) is 8.91. The van der Waals surface area contributed by atoms with Gasteiger partial charge in [-0.25, -0.2) is 0 Å². The number of nitrogens with zero attached hydrogens (tertiary/aromatic N) is 2. The van der Waals surface area contributed by atoms with Crippen molar-refractivity contribution < 1.29 is 0 Å². The van der Waals surface area contributed by atoms with E-state index in [0.29, 0.717) is 5.92 Å². The molecule has 0 unspecified atom stereocenters. The second-order valence-corrected chi connectivity index (χ2v) is 2.98. The van der Waals surface area contributed by atoms with Gasteiger partial charge in [-0.05, 0) is 18.1 Å². The highest BCUT2D eigenvalue weighted by Crippen LogP contribution is 2.05. The Morgan fingerprint density at radius 1 is 1.42 bits per heavy atom. The molecule has 0 aromatic carbocycles. The monoisotopic (exact) mass is 162 g/mol. The zero-order valence-corrected chi connectivity index (χ0v) is 7.78. The molecule has 0 aliphatic carbocycles. The first-order chi connectivity index (χ1) is 5.75. The van der Waals surface area contributed by atoms with Crippen molar-refractivity contribution in [2.75, 3.05) is 7.05 Å². The van der Waals surface area contributed by atoms with Gasteiger partial charge in [-0.15, -0.1) is 0 Å². The van der Waals surface area contributed by atoms with Crippen LogP contribution in [-0.2, 0) is 0 Å². The van der Waals surface area contributed by atoms with Crippen LogP contribution in [0, 0.1) is 5.92 Å². The van der Waals surface area contributed by atoms with E-state index in [1.54, 1.807) is 6.20 Å². The van der Waals surface area contributed by atoms with Crippen LogP contribution >= 0.6 is 0 Å². The van der Waals surface area contributed by atoms with E-state index < -0.39 is 0 Å². The Kier molecular flexibility index (Phi) is 2.97. The van der Waals surface area contributed by atoms with Crippen LogP contribution in [0.15, 0.2) is 29.4 Å². The van der Waals surface area contributed by atoms with Crippen LogP contribution in [0.3, 0.4) is 0 Å². The van der Waals surface area contributed by atoms with Crippen molar-refractivity contribution in [3.63, 3.8) is 0 Å². The predicted molar refractivity (Wildman–Crippen MR) is 51.5 cm³/mol. The molecule has 1 aromatic rings. The molecule has 2 nitrogen and oxygen atoms in total. The fourth-order valence-corrected chi connectivity index (χ4v) is 1.18. The van der Waals surface area contributed by atoms with Gasteiger partial charge in [0.15, 0.2) is 0 Å². The molecule has 0 bridgehead atoms. The second kappa shape index (κ2) is 4.00. The molecular weight excluding hydrogens is 148 g/mol. The van der Waals surface area contributed by atoms with Crippen LogP contribution in [0.2, 0.25) is 0 Å². The van der Waals surface area contributed by atoms with Crippen molar-refractivity contribution in [2.45, 2.75) is 13.8 Å². The normalized spacial score (nSPS) is 12.2. The molecule has 12 heavy (non-hydrogen) atoms. The highest BCUT2D eigenvalue weighted by molar-refractivity contribution is 6.00. The van der Waals surface area contributed by atoms with Gasteiger partial charge in [0, 0.05) is 13.2 Å².